The summed E-state index contributed by atoms with van der Waals surface area (Å²) in [6.45, 7) is 3.39. The number of hydrogen-bond donors (Lipinski definition) is 1. The highest BCUT2D eigenvalue weighted by Gasteiger charge is 2.05. The Bertz CT molecular complexity index is 554. The van der Waals surface area contributed by atoms with Crippen molar-refractivity contribution < 1.29 is 4.74 Å². The maximum Gasteiger partial charge on any atom is 0.138 e. The van der Waals surface area contributed by atoms with E-state index < -0.39 is 0 Å². The summed E-state index contributed by atoms with van der Waals surface area (Å²) in [6.07, 6.45) is 0. The highest BCUT2D eigenvalue weighted by atomic mass is 35.5. The van der Waals surface area contributed by atoms with Crippen molar-refractivity contribution in [1.29, 1.82) is 0 Å². The van der Waals surface area contributed by atoms with E-state index in [1.807, 2.05) is 44.3 Å². The molecule has 0 unspecified atom stereocenters. The molecule has 0 fully saturated rings. The van der Waals surface area contributed by atoms with Gasteiger partial charge in [0.1, 0.15) is 12.4 Å². The molecule has 0 atom stereocenters. The van der Waals surface area contributed by atoms with Crippen LogP contribution in [0.2, 0.25) is 5.02 Å². The third-order valence-corrected chi connectivity index (χ3v) is 3.27. The molecule has 2 aromatic carbocycles. The lowest BCUT2D eigenvalue weighted by Crippen LogP contribution is -2.09. The summed E-state index contributed by atoms with van der Waals surface area (Å²) >= 11 is 6.13. The largest absolute Gasteiger partial charge is 0.487 e. The van der Waals surface area contributed by atoms with Gasteiger partial charge in [-0.3, -0.25) is 0 Å². The summed E-state index contributed by atoms with van der Waals surface area (Å²) in [7, 11) is 1.94. The van der Waals surface area contributed by atoms with Gasteiger partial charge in [0, 0.05) is 6.54 Å². The Balaban J connectivity index is 2.12. The number of rotatable bonds is 5. The fourth-order valence-corrected chi connectivity index (χ4v) is 2.11. The maximum atomic E-state index is 6.13. The predicted octanol–water partition coefficient (Wildman–Crippen LogP) is 3.95. The van der Waals surface area contributed by atoms with Crippen molar-refractivity contribution in [2.45, 2.75) is 20.1 Å². The van der Waals surface area contributed by atoms with E-state index in [2.05, 4.69) is 17.4 Å². The van der Waals surface area contributed by atoms with E-state index >= 15 is 0 Å². The fraction of sp³-hybridized carbons (Fsp3) is 0.250. The van der Waals surface area contributed by atoms with Crippen LogP contribution in [-0.2, 0) is 13.2 Å². The Kier molecular flexibility index (Phi) is 4.83. The van der Waals surface area contributed by atoms with Crippen LogP contribution >= 0.6 is 11.6 Å². The second-order valence-corrected chi connectivity index (χ2v) is 4.93. The minimum absolute atomic E-state index is 0.529. The van der Waals surface area contributed by atoms with Crippen LogP contribution < -0.4 is 10.1 Å². The Hall–Kier alpha value is -1.51. The van der Waals surface area contributed by atoms with Gasteiger partial charge >= 0.3 is 0 Å². The average molecular weight is 276 g/mol. The van der Waals surface area contributed by atoms with Crippen molar-refractivity contribution >= 4 is 11.6 Å². The van der Waals surface area contributed by atoms with E-state index in [1.54, 1.807) is 0 Å². The molecule has 0 bridgehead atoms. The van der Waals surface area contributed by atoms with Gasteiger partial charge < -0.3 is 10.1 Å². The number of halogens is 1. The van der Waals surface area contributed by atoms with Gasteiger partial charge in [0.25, 0.3) is 0 Å². The van der Waals surface area contributed by atoms with Gasteiger partial charge in [0.15, 0.2) is 0 Å². The molecule has 19 heavy (non-hydrogen) atoms. The zero-order chi connectivity index (χ0) is 13.7. The predicted molar refractivity (Wildman–Crippen MR) is 79.7 cm³/mol. The second kappa shape index (κ2) is 6.60. The summed E-state index contributed by atoms with van der Waals surface area (Å²) in [5.41, 5.74) is 3.56. The number of hydrogen-bond acceptors (Lipinski definition) is 2. The lowest BCUT2D eigenvalue weighted by Gasteiger charge is -2.12. The van der Waals surface area contributed by atoms with Crippen LogP contribution in [-0.4, -0.2) is 7.05 Å². The first-order chi connectivity index (χ1) is 9.20. The van der Waals surface area contributed by atoms with Crippen molar-refractivity contribution in [2.24, 2.45) is 0 Å². The summed E-state index contributed by atoms with van der Waals surface area (Å²) in [5.74, 6) is 0.737. The van der Waals surface area contributed by atoms with Crippen LogP contribution in [0.4, 0.5) is 0 Å². The molecule has 0 saturated carbocycles. The molecule has 2 nitrogen and oxygen atoms in total. The topological polar surface area (TPSA) is 21.3 Å². The van der Waals surface area contributed by atoms with Crippen LogP contribution in [0.25, 0.3) is 0 Å². The lowest BCUT2D eigenvalue weighted by molar-refractivity contribution is 0.305. The number of benzene rings is 2. The molecule has 3 heteroatoms. The molecular weight excluding hydrogens is 258 g/mol. The van der Waals surface area contributed by atoms with Crippen LogP contribution in [0.5, 0.6) is 5.75 Å². The Morgan fingerprint density at radius 2 is 1.84 bits per heavy atom. The van der Waals surface area contributed by atoms with E-state index in [9.17, 15) is 0 Å². The first-order valence-corrected chi connectivity index (χ1v) is 6.69. The van der Waals surface area contributed by atoms with Crippen LogP contribution in [0.15, 0.2) is 42.5 Å². The molecule has 100 valence electrons. The van der Waals surface area contributed by atoms with Crippen LogP contribution in [0.3, 0.4) is 0 Å². The minimum Gasteiger partial charge on any atom is -0.487 e. The van der Waals surface area contributed by atoms with E-state index in [-0.39, 0.29) is 0 Å². The zero-order valence-electron chi connectivity index (χ0n) is 11.2. The van der Waals surface area contributed by atoms with Crippen molar-refractivity contribution in [3.05, 3.63) is 64.2 Å². The van der Waals surface area contributed by atoms with Crippen molar-refractivity contribution in [1.82, 2.24) is 5.32 Å². The highest BCUT2D eigenvalue weighted by Crippen LogP contribution is 2.26. The molecule has 0 amide bonds. The monoisotopic (exact) mass is 275 g/mol. The fourth-order valence-electron chi connectivity index (χ4n) is 1.94. The van der Waals surface area contributed by atoms with Gasteiger partial charge in [0.05, 0.1) is 5.02 Å². The molecule has 0 saturated heterocycles. The Labute approximate surface area is 119 Å². The number of nitrogens with one attached hydrogen (secondary N) is 1. The van der Waals surface area contributed by atoms with Crippen LogP contribution in [0.1, 0.15) is 16.7 Å². The van der Waals surface area contributed by atoms with E-state index in [0.29, 0.717) is 11.6 Å². The van der Waals surface area contributed by atoms with E-state index in [4.69, 9.17) is 16.3 Å². The molecule has 0 aromatic heterocycles. The van der Waals surface area contributed by atoms with E-state index in [0.717, 1.165) is 17.9 Å². The third-order valence-electron chi connectivity index (χ3n) is 2.96. The molecule has 0 spiro atoms. The number of ether oxygens (including phenoxy) is 1. The molecule has 1 N–H and O–H groups in total. The first kappa shape index (κ1) is 13.9. The quantitative estimate of drug-likeness (QED) is 0.892. The molecular formula is C16H18ClNO. The summed E-state index contributed by atoms with van der Waals surface area (Å²) in [5, 5.41) is 3.81. The SMILES string of the molecule is CNCc1ccccc1COc1cc(C)ccc1Cl. The Morgan fingerprint density at radius 3 is 2.58 bits per heavy atom. The molecule has 0 aliphatic heterocycles. The normalized spacial score (nSPS) is 10.5. The summed E-state index contributed by atoms with van der Waals surface area (Å²) < 4.78 is 5.83. The smallest absolute Gasteiger partial charge is 0.138 e. The third kappa shape index (κ3) is 3.72. The average Bonchev–Trinajstić information content (AvgIpc) is 2.42. The maximum absolute atomic E-state index is 6.13. The lowest BCUT2D eigenvalue weighted by atomic mass is 10.1. The molecule has 0 aliphatic rings. The van der Waals surface area contributed by atoms with Gasteiger partial charge in [-0.05, 0) is 42.8 Å². The molecule has 2 aromatic rings. The number of aryl methyl sites for hydroxylation is 1. The Morgan fingerprint density at radius 1 is 1.11 bits per heavy atom. The minimum atomic E-state index is 0.529. The van der Waals surface area contributed by atoms with Gasteiger partial charge in [0.2, 0.25) is 0 Å². The van der Waals surface area contributed by atoms with Gasteiger partial charge in [-0.15, -0.1) is 0 Å². The standard InChI is InChI=1S/C16H18ClNO/c1-12-7-8-15(17)16(9-12)19-11-14-6-4-3-5-13(14)10-18-2/h3-9,18H,10-11H2,1-2H3. The van der Waals surface area contributed by atoms with Gasteiger partial charge in [-0.1, -0.05) is 41.9 Å². The molecule has 0 heterocycles. The van der Waals surface area contributed by atoms with E-state index in [1.165, 1.54) is 11.1 Å². The molecule has 0 aliphatic carbocycles. The van der Waals surface area contributed by atoms with Crippen LogP contribution in [0, 0.1) is 6.92 Å². The molecule has 0 radical (unpaired) electrons. The van der Waals surface area contributed by atoms with Crippen molar-refractivity contribution in [2.75, 3.05) is 7.05 Å². The first-order valence-electron chi connectivity index (χ1n) is 6.31. The van der Waals surface area contributed by atoms with Gasteiger partial charge in [-0.25, -0.2) is 0 Å². The zero-order valence-corrected chi connectivity index (χ0v) is 12.0. The highest BCUT2D eigenvalue weighted by molar-refractivity contribution is 6.32. The molecule has 2 rings (SSSR count). The summed E-state index contributed by atoms with van der Waals surface area (Å²) in [4.78, 5) is 0. The second-order valence-electron chi connectivity index (χ2n) is 4.52. The van der Waals surface area contributed by atoms with Gasteiger partial charge in [-0.2, -0.15) is 0 Å². The van der Waals surface area contributed by atoms with Crippen molar-refractivity contribution in [3.8, 4) is 5.75 Å². The summed E-state index contributed by atoms with van der Waals surface area (Å²) in [6, 6.07) is 14.0. The van der Waals surface area contributed by atoms with Crippen molar-refractivity contribution in [3.63, 3.8) is 0 Å².